The van der Waals surface area contributed by atoms with Gasteiger partial charge in [-0.25, -0.2) is 18.4 Å². The molecular weight excluding hydrogens is 426 g/mol. The highest BCUT2D eigenvalue weighted by Gasteiger charge is 2.20. The number of aromatic nitrogens is 2. The number of fused-ring (bicyclic) bond motifs is 2. The van der Waals surface area contributed by atoms with Crippen LogP contribution in [0.2, 0.25) is 0 Å². The van der Waals surface area contributed by atoms with Gasteiger partial charge >= 0.3 is 0 Å². The maximum atomic E-state index is 13.0. The minimum absolute atomic E-state index is 0.170. The lowest BCUT2D eigenvalue weighted by atomic mass is 10.1. The fraction of sp³-hybridized carbons (Fsp3) is 0.167. The van der Waals surface area contributed by atoms with E-state index in [-0.39, 0.29) is 10.7 Å². The van der Waals surface area contributed by atoms with E-state index in [4.69, 9.17) is 14.5 Å². The van der Waals surface area contributed by atoms with Crippen LogP contribution in [0.25, 0.3) is 11.0 Å². The fourth-order valence-electron chi connectivity index (χ4n) is 3.54. The predicted octanol–water partition coefficient (Wildman–Crippen LogP) is 4.10. The number of aryl methyl sites for hydroxylation is 1. The van der Waals surface area contributed by atoms with Crippen molar-refractivity contribution in [1.82, 2.24) is 9.97 Å². The molecule has 0 saturated carbocycles. The second kappa shape index (κ2) is 8.12. The summed E-state index contributed by atoms with van der Waals surface area (Å²) in [5.74, 6) is 1.58. The second-order valence-electron chi connectivity index (χ2n) is 7.58. The van der Waals surface area contributed by atoms with Crippen molar-refractivity contribution in [2.75, 3.05) is 17.9 Å². The Morgan fingerprint density at radius 2 is 1.56 bits per heavy atom. The zero-order valence-corrected chi connectivity index (χ0v) is 18.2. The molecule has 0 fully saturated rings. The van der Waals surface area contributed by atoms with Gasteiger partial charge in [0.2, 0.25) is 0 Å². The normalized spacial score (nSPS) is 13.2. The third-order valence-electron chi connectivity index (χ3n) is 5.18. The third-order valence-corrected chi connectivity index (χ3v) is 6.54. The molecule has 1 aromatic heterocycles. The molecule has 0 spiro atoms. The molecule has 0 radical (unpaired) electrons. The number of hydrogen-bond acceptors (Lipinski definition) is 6. The largest absolute Gasteiger partial charge is 0.486 e. The van der Waals surface area contributed by atoms with Gasteiger partial charge in [-0.2, -0.15) is 0 Å². The molecule has 1 aliphatic heterocycles. The Morgan fingerprint density at radius 1 is 0.875 bits per heavy atom. The first-order valence-electron chi connectivity index (χ1n) is 10.2. The van der Waals surface area contributed by atoms with E-state index in [9.17, 15) is 8.42 Å². The van der Waals surface area contributed by atoms with Crippen molar-refractivity contribution in [1.29, 1.82) is 0 Å². The summed E-state index contributed by atoms with van der Waals surface area (Å²) in [6, 6.07) is 19.7. The molecule has 0 aliphatic carbocycles. The van der Waals surface area contributed by atoms with E-state index in [1.165, 1.54) is 0 Å². The van der Waals surface area contributed by atoms with Crippen molar-refractivity contribution in [3.05, 3.63) is 83.6 Å². The highest BCUT2D eigenvalue weighted by atomic mass is 32.2. The Kier molecular flexibility index (Phi) is 5.14. The number of ether oxygens (including phenoxy) is 2. The molecule has 0 unspecified atom stereocenters. The summed E-state index contributed by atoms with van der Waals surface area (Å²) in [4.78, 5) is 9.46. The van der Waals surface area contributed by atoms with Gasteiger partial charge in [0.05, 0.1) is 21.6 Å². The zero-order valence-electron chi connectivity index (χ0n) is 17.4. The lowest BCUT2D eigenvalue weighted by Gasteiger charge is -2.19. The van der Waals surface area contributed by atoms with Crippen molar-refractivity contribution in [2.45, 2.75) is 18.2 Å². The molecular formula is C24H21N3O4S. The molecule has 7 nitrogen and oxygen atoms in total. The van der Waals surface area contributed by atoms with Gasteiger partial charge in [0.15, 0.2) is 17.3 Å². The Labute approximate surface area is 186 Å². The van der Waals surface area contributed by atoms with E-state index < -0.39 is 10.0 Å². The van der Waals surface area contributed by atoms with Gasteiger partial charge in [-0.05, 0) is 48.9 Å². The van der Waals surface area contributed by atoms with E-state index in [0.29, 0.717) is 47.9 Å². The Hall–Kier alpha value is -3.65. The molecule has 3 aromatic carbocycles. The summed E-state index contributed by atoms with van der Waals surface area (Å²) in [7, 11) is -3.83. The highest BCUT2D eigenvalue weighted by Crippen LogP contribution is 2.32. The number of sulfonamides is 1. The van der Waals surface area contributed by atoms with E-state index in [1.807, 2.05) is 43.3 Å². The maximum Gasteiger partial charge on any atom is 0.263 e. The Bertz CT molecular complexity index is 1400. The van der Waals surface area contributed by atoms with Gasteiger partial charge in [0, 0.05) is 6.42 Å². The molecule has 8 heteroatoms. The van der Waals surface area contributed by atoms with Crippen LogP contribution in [0.15, 0.2) is 71.6 Å². The number of benzene rings is 3. The minimum Gasteiger partial charge on any atom is -0.486 e. The van der Waals surface area contributed by atoms with Crippen molar-refractivity contribution in [3.63, 3.8) is 0 Å². The van der Waals surface area contributed by atoms with E-state index in [2.05, 4.69) is 9.71 Å². The molecule has 1 N–H and O–H groups in total. The van der Waals surface area contributed by atoms with Gasteiger partial charge in [-0.3, -0.25) is 4.72 Å². The van der Waals surface area contributed by atoms with E-state index in [1.54, 1.807) is 30.3 Å². The van der Waals surface area contributed by atoms with E-state index >= 15 is 0 Å². The van der Waals surface area contributed by atoms with Crippen molar-refractivity contribution in [3.8, 4) is 11.5 Å². The standard InChI is InChI=1S/C24H21N3O4S/c1-16-6-9-18(10-7-16)32(28,29)27-24-21(25-19-4-2-3-5-20(19)26-24)14-17-8-11-22-23(15-17)31-13-12-30-22/h2-11,15H,12-14H2,1H3,(H,26,27). The van der Waals surface area contributed by atoms with E-state index in [0.717, 1.165) is 11.1 Å². The summed E-state index contributed by atoms with van der Waals surface area (Å²) >= 11 is 0. The molecule has 162 valence electrons. The van der Waals surface area contributed by atoms with Crippen LogP contribution >= 0.6 is 0 Å². The van der Waals surface area contributed by atoms with Gasteiger partial charge in [-0.1, -0.05) is 35.9 Å². The fourth-order valence-corrected chi connectivity index (χ4v) is 4.57. The summed E-state index contributed by atoms with van der Waals surface area (Å²) in [5.41, 5.74) is 3.72. The summed E-state index contributed by atoms with van der Waals surface area (Å²) in [6.07, 6.45) is 0.375. The van der Waals surface area contributed by atoms with Crippen LogP contribution < -0.4 is 14.2 Å². The van der Waals surface area contributed by atoms with Crippen LogP contribution in [0.4, 0.5) is 5.82 Å². The number of para-hydroxylation sites is 2. The topological polar surface area (TPSA) is 90.4 Å². The first-order valence-corrected chi connectivity index (χ1v) is 11.7. The monoisotopic (exact) mass is 447 g/mol. The van der Waals surface area contributed by atoms with Crippen LogP contribution in [0.3, 0.4) is 0 Å². The number of nitrogens with one attached hydrogen (secondary N) is 1. The van der Waals surface area contributed by atoms with Crippen LogP contribution in [0.1, 0.15) is 16.8 Å². The Balaban J connectivity index is 1.54. The first kappa shape index (κ1) is 20.3. The average Bonchev–Trinajstić information content (AvgIpc) is 2.79. The molecule has 5 rings (SSSR count). The van der Waals surface area contributed by atoms with Gasteiger partial charge in [0.25, 0.3) is 10.0 Å². The second-order valence-corrected chi connectivity index (χ2v) is 9.26. The average molecular weight is 448 g/mol. The smallest absolute Gasteiger partial charge is 0.263 e. The number of hydrogen-bond donors (Lipinski definition) is 1. The summed E-state index contributed by atoms with van der Waals surface area (Å²) in [6.45, 7) is 2.92. The number of rotatable bonds is 5. The molecule has 1 aliphatic rings. The van der Waals surface area contributed by atoms with Crippen molar-refractivity contribution in [2.24, 2.45) is 0 Å². The van der Waals surface area contributed by atoms with Crippen LogP contribution in [-0.2, 0) is 16.4 Å². The highest BCUT2D eigenvalue weighted by molar-refractivity contribution is 7.92. The lowest BCUT2D eigenvalue weighted by molar-refractivity contribution is 0.171. The van der Waals surface area contributed by atoms with Crippen LogP contribution in [-0.4, -0.2) is 31.6 Å². The predicted molar refractivity (Wildman–Crippen MR) is 122 cm³/mol. The molecule has 2 heterocycles. The molecule has 0 amide bonds. The number of nitrogens with zero attached hydrogens (tertiary/aromatic N) is 2. The lowest BCUT2D eigenvalue weighted by Crippen LogP contribution is -2.17. The SMILES string of the molecule is Cc1ccc(S(=O)(=O)Nc2nc3ccccc3nc2Cc2ccc3c(c2)OCCO3)cc1. The molecule has 32 heavy (non-hydrogen) atoms. The van der Waals surface area contributed by atoms with Gasteiger partial charge in [-0.15, -0.1) is 0 Å². The molecule has 4 aromatic rings. The summed E-state index contributed by atoms with van der Waals surface area (Å²) in [5, 5.41) is 0. The first-order chi connectivity index (χ1) is 15.5. The third kappa shape index (κ3) is 4.09. The zero-order chi connectivity index (χ0) is 22.1. The quantitative estimate of drug-likeness (QED) is 0.495. The summed E-state index contributed by atoms with van der Waals surface area (Å²) < 4.78 is 40.0. The van der Waals surface area contributed by atoms with Gasteiger partial charge in [0.1, 0.15) is 13.2 Å². The minimum atomic E-state index is -3.83. The van der Waals surface area contributed by atoms with Crippen molar-refractivity contribution < 1.29 is 17.9 Å². The van der Waals surface area contributed by atoms with Gasteiger partial charge < -0.3 is 9.47 Å². The molecule has 0 saturated heterocycles. The van der Waals surface area contributed by atoms with Crippen LogP contribution in [0.5, 0.6) is 11.5 Å². The molecule has 0 bridgehead atoms. The maximum absolute atomic E-state index is 13.0. The van der Waals surface area contributed by atoms with Crippen molar-refractivity contribution >= 4 is 26.9 Å². The van der Waals surface area contributed by atoms with Crippen LogP contribution in [0, 0.1) is 6.92 Å². The molecule has 0 atom stereocenters. The Morgan fingerprint density at radius 3 is 2.31 bits per heavy atom. The number of anilines is 1.